The van der Waals surface area contributed by atoms with Crippen molar-refractivity contribution in [2.45, 2.75) is 335 Å². The number of esters is 3. The minimum Gasteiger partial charge on any atom is -0.462 e. The third-order valence-electron chi connectivity index (χ3n) is 14.4. The molecule has 0 fully saturated rings. The van der Waals surface area contributed by atoms with E-state index in [1.165, 1.54) is 173 Å². The Labute approximate surface area is 477 Å². The molecule has 0 saturated carbocycles. The standard InChI is InChI=1S/C71H124O6/c1-4-7-10-13-16-19-22-25-27-28-29-30-31-32-33-34-35-36-37-38-39-40-41-42-43-44-45-47-49-52-55-58-61-64-70(73)76-67-68(66-75-69(72)63-60-57-54-51-48-24-21-18-15-12-9-6-3)77-71(74)65-62-59-56-53-50-46-26-23-20-17-14-11-8-5-2/h7,10,14,16-19,21,23,25-27,29-30,68H,4-6,8-9,11-13,15,20,22,24,28,31-67H2,1-3H3/b10-7-,17-14-,19-16-,21-18-,26-23-,27-25-,30-29-. The van der Waals surface area contributed by atoms with Gasteiger partial charge in [-0.2, -0.15) is 0 Å². The number of ether oxygens (including phenoxy) is 3. The molecule has 0 aliphatic carbocycles. The summed E-state index contributed by atoms with van der Waals surface area (Å²) in [5, 5.41) is 0. The molecule has 0 aliphatic rings. The Morgan fingerprint density at radius 3 is 0.844 bits per heavy atom. The summed E-state index contributed by atoms with van der Waals surface area (Å²) in [6.07, 6.45) is 86.2. The van der Waals surface area contributed by atoms with E-state index in [9.17, 15) is 14.4 Å². The molecule has 6 nitrogen and oxygen atoms in total. The maximum absolute atomic E-state index is 12.9. The predicted octanol–water partition coefficient (Wildman–Crippen LogP) is 22.7. The highest BCUT2D eigenvalue weighted by Crippen LogP contribution is 2.17. The van der Waals surface area contributed by atoms with Gasteiger partial charge in [-0.3, -0.25) is 14.4 Å². The van der Waals surface area contributed by atoms with Crippen molar-refractivity contribution < 1.29 is 28.6 Å². The van der Waals surface area contributed by atoms with Crippen LogP contribution in [0.1, 0.15) is 329 Å². The fourth-order valence-electron chi connectivity index (χ4n) is 9.39. The topological polar surface area (TPSA) is 78.9 Å². The second-order valence-electron chi connectivity index (χ2n) is 22.0. The second kappa shape index (κ2) is 65.1. The lowest BCUT2D eigenvalue weighted by Gasteiger charge is -2.18. The third kappa shape index (κ3) is 63.3. The predicted molar refractivity (Wildman–Crippen MR) is 334 cm³/mol. The highest BCUT2D eigenvalue weighted by Gasteiger charge is 2.19. The molecule has 0 bridgehead atoms. The van der Waals surface area contributed by atoms with Crippen LogP contribution in [0, 0.1) is 0 Å². The number of rotatable bonds is 60. The zero-order valence-corrected chi connectivity index (χ0v) is 51.0. The van der Waals surface area contributed by atoms with E-state index in [0.29, 0.717) is 19.3 Å². The number of unbranched alkanes of at least 4 members (excludes halogenated alkanes) is 35. The van der Waals surface area contributed by atoms with Gasteiger partial charge < -0.3 is 14.2 Å². The van der Waals surface area contributed by atoms with E-state index in [0.717, 1.165) is 116 Å². The average molecular weight is 1070 g/mol. The van der Waals surface area contributed by atoms with Crippen LogP contribution >= 0.6 is 0 Å². The average Bonchev–Trinajstić information content (AvgIpc) is 3.43. The molecule has 0 spiro atoms. The van der Waals surface area contributed by atoms with Crippen LogP contribution in [0.4, 0.5) is 0 Å². The molecule has 0 aromatic heterocycles. The quantitative estimate of drug-likeness (QED) is 0.0261. The second-order valence-corrected chi connectivity index (χ2v) is 22.0. The molecular weight excluding hydrogens is 949 g/mol. The number of hydrogen-bond acceptors (Lipinski definition) is 6. The van der Waals surface area contributed by atoms with Crippen molar-refractivity contribution in [2.75, 3.05) is 13.2 Å². The van der Waals surface area contributed by atoms with Crippen molar-refractivity contribution >= 4 is 17.9 Å². The summed E-state index contributed by atoms with van der Waals surface area (Å²) in [4.78, 5) is 38.2. The Bertz CT molecular complexity index is 1470. The number of allylic oxidation sites excluding steroid dienone is 14. The van der Waals surface area contributed by atoms with Crippen molar-refractivity contribution in [3.8, 4) is 0 Å². The molecule has 0 heterocycles. The van der Waals surface area contributed by atoms with Crippen molar-refractivity contribution in [3.05, 3.63) is 85.1 Å². The summed E-state index contributed by atoms with van der Waals surface area (Å²) in [5.74, 6) is -0.892. The normalized spacial score (nSPS) is 12.6. The molecule has 77 heavy (non-hydrogen) atoms. The molecule has 0 aromatic rings. The van der Waals surface area contributed by atoms with Gasteiger partial charge in [0.2, 0.25) is 0 Å². The first-order chi connectivity index (χ1) is 38.0. The number of carbonyl (C=O) groups excluding carboxylic acids is 3. The molecule has 444 valence electrons. The lowest BCUT2D eigenvalue weighted by atomic mass is 10.0. The summed E-state index contributed by atoms with van der Waals surface area (Å²) < 4.78 is 16.9. The lowest BCUT2D eigenvalue weighted by Crippen LogP contribution is -2.30. The van der Waals surface area contributed by atoms with Crippen molar-refractivity contribution in [2.24, 2.45) is 0 Å². The molecule has 0 N–H and O–H groups in total. The SMILES string of the molecule is CC/C=C\C/C=C\C/C=C\C/C=C\CCCCCCCCCCCCCCCCCCCCCCC(=O)OCC(COC(=O)CCCCCCC/C=C\CCCCC)OC(=O)CCCCCCC/C=C\C/C=C\CCCC. The summed E-state index contributed by atoms with van der Waals surface area (Å²) >= 11 is 0. The van der Waals surface area contributed by atoms with Gasteiger partial charge in [0.05, 0.1) is 0 Å². The van der Waals surface area contributed by atoms with Gasteiger partial charge in [0, 0.05) is 19.3 Å². The molecule has 0 aliphatic heterocycles. The molecule has 0 radical (unpaired) electrons. The van der Waals surface area contributed by atoms with Crippen molar-refractivity contribution in [1.82, 2.24) is 0 Å². The van der Waals surface area contributed by atoms with Crippen LogP contribution in [0.2, 0.25) is 0 Å². The van der Waals surface area contributed by atoms with E-state index < -0.39 is 6.10 Å². The Morgan fingerprint density at radius 2 is 0.519 bits per heavy atom. The maximum atomic E-state index is 12.9. The van der Waals surface area contributed by atoms with E-state index in [-0.39, 0.29) is 31.1 Å². The molecule has 0 rings (SSSR count). The van der Waals surface area contributed by atoms with Crippen molar-refractivity contribution in [3.63, 3.8) is 0 Å². The first kappa shape index (κ1) is 73.6. The summed E-state index contributed by atoms with van der Waals surface area (Å²) in [6.45, 7) is 6.47. The van der Waals surface area contributed by atoms with E-state index in [1.807, 2.05) is 0 Å². The van der Waals surface area contributed by atoms with E-state index in [2.05, 4.69) is 106 Å². The first-order valence-electron chi connectivity index (χ1n) is 33.1. The van der Waals surface area contributed by atoms with Gasteiger partial charge in [0.15, 0.2) is 6.10 Å². The van der Waals surface area contributed by atoms with E-state index >= 15 is 0 Å². The van der Waals surface area contributed by atoms with Crippen LogP contribution in [-0.4, -0.2) is 37.2 Å². The summed E-state index contributed by atoms with van der Waals surface area (Å²) in [6, 6.07) is 0. The minimum atomic E-state index is -0.785. The lowest BCUT2D eigenvalue weighted by molar-refractivity contribution is -0.167. The van der Waals surface area contributed by atoms with Gasteiger partial charge in [-0.05, 0) is 109 Å². The monoisotopic (exact) mass is 1070 g/mol. The maximum Gasteiger partial charge on any atom is 0.306 e. The van der Waals surface area contributed by atoms with Crippen LogP contribution in [0.15, 0.2) is 85.1 Å². The van der Waals surface area contributed by atoms with Crippen LogP contribution in [0.25, 0.3) is 0 Å². The smallest absolute Gasteiger partial charge is 0.306 e. The first-order valence-corrected chi connectivity index (χ1v) is 33.1. The summed E-state index contributed by atoms with van der Waals surface area (Å²) in [5.41, 5.74) is 0. The van der Waals surface area contributed by atoms with Crippen LogP contribution in [0.5, 0.6) is 0 Å². The molecule has 0 aromatic carbocycles. The third-order valence-corrected chi connectivity index (χ3v) is 14.4. The van der Waals surface area contributed by atoms with E-state index in [4.69, 9.17) is 14.2 Å². The summed E-state index contributed by atoms with van der Waals surface area (Å²) in [7, 11) is 0. The molecule has 0 saturated heterocycles. The number of carbonyl (C=O) groups is 3. The molecule has 1 atom stereocenters. The Balaban J connectivity index is 4.10. The van der Waals surface area contributed by atoms with Crippen molar-refractivity contribution in [1.29, 1.82) is 0 Å². The van der Waals surface area contributed by atoms with Crippen LogP contribution in [-0.2, 0) is 28.6 Å². The van der Waals surface area contributed by atoms with Gasteiger partial charge >= 0.3 is 17.9 Å². The largest absolute Gasteiger partial charge is 0.462 e. The van der Waals surface area contributed by atoms with Gasteiger partial charge in [-0.25, -0.2) is 0 Å². The zero-order valence-electron chi connectivity index (χ0n) is 51.0. The molecule has 0 amide bonds. The molecule has 1 unspecified atom stereocenters. The van der Waals surface area contributed by atoms with Crippen LogP contribution in [0.3, 0.4) is 0 Å². The highest BCUT2D eigenvalue weighted by molar-refractivity contribution is 5.71. The molecule has 6 heteroatoms. The Morgan fingerprint density at radius 1 is 0.273 bits per heavy atom. The Kier molecular flexibility index (Phi) is 62.2. The van der Waals surface area contributed by atoms with Gasteiger partial charge in [-0.1, -0.05) is 286 Å². The van der Waals surface area contributed by atoms with E-state index in [1.54, 1.807) is 0 Å². The fourth-order valence-corrected chi connectivity index (χ4v) is 9.39. The minimum absolute atomic E-state index is 0.0811. The van der Waals surface area contributed by atoms with Gasteiger partial charge in [0.1, 0.15) is 13.2 Å². The highest BCUT2D eigenvalue weighted by atomic mass is 16.6. The van der Waals surface area contributed by atoms with Gasteiger partial charge in [-0.15, -0.1) is 0 Å². The zero-order chi connectivity index (χ0) is 55.7. The Hall–Kier alpha value is -3.41. The van der Waals surface area contributed by atoms with Crippen LogP contribution < -0.4 is 0 Å². The van der Waals surface area contributed by atoms with Gasteiger partial charge in [0.25, 0.3) is 0 Å². The molecular formula is C71H124O6. The fraction of sp³-hybridized carbons (Fsp3) is 0.761. The number of hydrogen-bond donors (Lipinski definition) is 0.